The molecule has 5 nitrogen and oxygen atoms in total. The van der Waals surface area contributed by atoms with Crippen molar-refractivity contribution in [2.75, 3.05) is 11.9 Å². The van der Waals surface area contributed by atoms with E-state index in [1.165, 1.54) is 0 Å². The van der Waals surface area contributed by atoms with E-state index in [4.69, 9.17) is 9.47 Å². The number of nitrogens with one attached hydrogen (secondary N) is 1. The molecule has 5 heteroatoms. The van der Waals surface area contributed by atoms with Gasteiger partial charge in [-0.25, -0.2) is 4.79 Å². The first kappa shape index (κ1) is 20.5. The molecule has 144 valence electrons. The van der Waals surface area contributed by atoms with Crippen LogP contribution in [0.3, 0.4) is 0 Å². The van der Waals surface area contributed by atoms with Gasteiger partial charge in [-0.05, 0) is 69.9 Å². The Morgan fingerprint density at radius 1 is 0.926 bits per heavy atom. The summed E-state index contributed by atoms with van der Waals surface area (Å²) in [7, 11) is 0. The lowest BCUT2D eigenvalue weighted by molar-refractivity contribution is -0.155. The molecule has 1 atom stereocenters. The fraction of sp³-hybridized carbons (Fsp3) is 0.364. The van der Waals surface area contributed by atoms with Crippen LogP contribution in [0.5, 0.6) is 5.75 Å². The summed E-state index contributed by atoms with van der Waals surface area (Å²) in [6, 6.07) is 9.78. The Labute approximate surface area is 160 Å². The van der Waals surface area contributed by atoms with E-state index in [2.05, 4.69) is 5.32 Å². The predicted octanol–water partition coefficient (Wildman–Crippen LogP) is 4.18. The van der Waals surface area contributed by atoms with Crippen LogP contribution in [-0.4, -0.2) is 24.6 Å². The summed E-state index contributed by atoms with van der Waals surface area (Å²) >= 11 is 0. The second kappa shape index (κ2) is 8.71. The van der Waals surface area contributed by atoms with Gasteiger partial charge in [0.15, 0.2) is 12.7 Å². The van der Waals surface area contributed by atoms with E-state index in [1.807, 2.05) is 65.0 Å². The number of hydrogen-bond acceptors (Lipinski definition) is 4. The summed E-state index contributed by atoms with van der Waals surface area (Å²) in [6.07, 6.45) is -0.916. The molecule has 1 N–H and O–H groups in total. The third-order valence-electron chi connectivity index (χ3n) is 4.27. The van der Waals surface area contributed by atoms with Crippen molar-refractivity contribution in [3.8, 4) is 5.75 Å². The fourth-order valence-corrected chi connectivity index (χ4v) is 2.92. The van der Waals surface area contributed by atoms with Crippen LogP contribution in [0.15, 0.2) is 30.3 Å². The van der Waals surface area contributed by atoms with Crippen molar-refractivity contribution in [3.63, 3.8) is 0 Å². The van der Waals surface area contributed by atoms with E-state index >= 15 is 0 Å². The van der Waals surface area contributed by atoms with Gasteiger partial charge >= 0.3 is 5.97 Å². The minimum Gasteiger partial charge on any atom is -0.481 e. The number of amides is 1. The molecule has 2 aromatic rings. The topological polar surface area (TPSA) is 64.6 Å². The Hall–Kier alpha value is -2.82. The molecule has 2 aromatic carbocycles. The van der Waals surface area contributed by atoms with E-state index in [-0.39, 0.29) is 12.5 Å². The van der Waals surface area contributed by atoms with Gasteiger partial charge in [-0.1, -0.05) is 29.8 Å². The number of carbonyl (C=O) groups excluding carboxylic acids is 2. The highest BCUT2D eigenvalue weighted by atomic mass is 16.6. The Kier molecular flexibility index (Phi) is 6.61. The molecule has 0 aliphatic rings. The van der Waals surface area contributed by atoms with E-state index < -0.39 is 12.1 Å². The van der Waals surface area contributed by atoms with Crippen LogP contribution < -0.4 is 10.1 Å². The number of hydrogen-bond donors (Lipinski definition) is 1. The zero-order valence-electron chi connectivity index (χ0n) is 16.8. The summed E-state index contributed by atoms with van der Waals surface area (Å²) in [5.41, 5.74) is 5.75. The lowest BCUT2D eigenvalue weighted by Crippen LogP contribution is -2.32. The van der Waals surface area contributed by atoms with E-state index in [0.29, 0.717) is 11.4 Å². The third-order valence-corrected chi connectivity index (χ3v) is 4.27. The molecule has 0 aliphatic carbocycles. The second-order valence-corrected chi connectivity index (χ2v) is 6.96. The van der Waals surface area contributed by atoms with Crippen molar-refractivity contribution in [1.29, 1.82) is 0 Å². The van der Waals surface area contributed by atoms with Crippen molar-refractivity contribution in [3.05, 3.63) is 58.1 Å². The molecule has 0 fully saturated rings. The zero-order chi connectivity index (χ0) is 20.1. The van der Waals surface area contributed by atoms with E-state index in [0.717, 1.165) is 27.8 Å². The highest BCUT2D eigenvalue weighted by Crippen LogP contribution is 2.24. The highest BCUT2D eigenvalue weighted by molar-refractivity contribution is 5.95. The van der Waals surface area contributed by atoms with Gasteiger partial charge in [-0.15, -0.1) is 0 Å². The molecule has 0 aliphatic heterocycles. The summed E-state index contributed by atoms with van der Waals surface area (Å²) < 4.78 is 10.8. The van der Waals surface area contributed by atoms with Crippen molar-refractivity contribution in [2.24, 2.45) is 0 Å². The van der Waals surface area contributed by atoms with Gasteiger partial charge in [0.05, 0.1) is 0 Å². The molecule has 0 bridgehead atoms. The van der Waals surface area contributed by atoms with Gasteiger partial charge in [0.25, 0.3) is 5.91 Å². The van der Waals surface area contributed by atoms with Crippen LogP contribution in [0.4, 0.5) is 5.69 Å². The van der Waals surface area contributed by atoms with E-state index in [1.54, 1.807) is 6.92 Å². The van der Waals surface area contributed by atoms with Gasteiger partial charge in [0.1, 0.15) is 5.75 Å². The Morgan fingerprint density at radius 2 is 1.56 bits per heavy atom. The first-order valence-electron chi connectivity index (χ1n) is 8.95. The Morgan fingerprint density at radius 3 is 2.19 bits per heavy atom. The molecule has 2 rings (SSSR count). The molecular formula is C22H27NO4. The van der Waals surface area contributed by atoms with Gasteiger partial charge in [0, 0.05) is 5.69 Å². The molecule has 0 saturated carbocycles. The lowest BCUT2D eigenvalue weighted by Gasteiger charge is -2.16. The van der Waals surface area contributed by atoms with Crippen LogP contribution in [-0.2, 0) is 14.3 Å². The molecule has 0 heterocycles. The molecule has 0 spiro atoms. The first-order valence-corrected chi connectivity index (χ1v) is 8.95. The van der Waals surface area contributed by atoms with Crippen LogP contribution in [0.2, 0.25) is 0 Å². The number of carbonyl (C=O) groups is 2. The van der Waals surface area contributed by atoms with Gasteiger partial charge in [-0.2, -0.15) is 0 Å². The van der Waals surface area contributed by atoms with Crippen LogP contribution >= 0.6 is 0 Å². The van der Waals surface area contributed by atoms with Crippen molar-refractivity contribution < 1.29 is 19.1 Å². The maximum atomic E-state index is 12.3. The zero-order valence-corrected chi connectivity index (χ0v) is 16.8. The normalized spacial score (nSPS) is 11.6. The quantitative estimate of drug-likeness (QED) is 0.776. The number of ether oxygens (including phenoxy) is 2. The standard InChI is InChI=1S/C22H27NO4/c1-13-7-8-15(3)19(11-13)23-22(25)18(6)27-20(24)12-26-21-16(4)9-14(2)10-17(21)5/h7-11,18H,12H2,1-6H3,(H,23,25)/t18-/m0/s1. The SMILES string of the molecule is Cc1cc(C)c(OCC(=O)O[C@@H](C)C(=O)Nc2cc(C)ccc2C)c(C)c1. The van der Waals surface area contributed by atoms with Crippen LogP contribution in [0.1, 0.15) is 34.7 Å². The average Bonchev–Trinajstić information content (AvgIpc) is 2.57. The Balaban J connectivity index is 1.91. The number of benzene rings is 2. The minimum atomic E-state index is -0.916. The molecule has 0 unspecified atom stereocenters. The maximum absolute atomic E-state index is 12.3. The van der Waals surface area contributed by atoms with Crippen LogP contribution in [0, 0.1) is 34.6 Å². The maximum Gasteiger partial charge on any atom is 0.344 e. The van der Waals surface area contributed by atoms with Gasteiger partial charge in [0.2, 0.25) is 0 Å². The lowest BCUT2D eigenvalue weighted by atomic mass is 10.1. The summed E-state index contributed by atoms with van der Waals surface area (Å²) in [5, 5.41) is 2.80. The molecule has 0 radical (unpaired) electrons. The van der Waals surface area contributed by atoms with Crippen molar-refractivity contribution in [1.82, 2.24) is 0 Å². The average molecular weight is 369 g/mol. The minimum absolute atomic E-state index is 0.244. The number of aryl methyl sites for hydroxylation is 5. The van der Waals surface area contributed by atoms with Crippen LogP contribution in [0.25, 0.3) is 0 Å². The summed E-state index contributed by atoms with van der Waals surface area (Å²) in [4.78, 5) is 24.4. The largest absolute Gasteiger partial charge is 0.481 e. The second-order valence-electron chi connectivity index (χ2n) is 6.96. The van der Waals surface area contributed by atoms with Gasteiger partial charge in [-0.3, -0.25) is 4.79 Å². The highest BCUT2D eigenvalue weighted by Gasteiger charge is 2.19. The molecular weight excluding hydrogens is 342 g/mol. The summed E-state index contributed by atoms with van der Waals surface area (Å²) in [5.74, 6) is -0.289. The number of rotatable bonds is 6. The smallest absolute Gasteiger partial charge is 0.344 e. The van der Waals surface area contributed by atoms with Gasteiger partial charge < -0.3 is 14.8 Å². The monoisotopic (exact) mass is 369 g/mol. The number of anilines is 1. The Bertz CT molecular complexity index is 834. The number of esters is 1. The molecule has 0 aromatic heterocycles. The summed E-state index contributed by atoms with van der Waals surface area (Å²) in [6.45, 7) is 11.0. The van der Waals surface area contributed by atoms with Crippen molar-refractivity contribution in [2.45, 2.75) is 47.6 Å². The molecule has 27 heavy (non-hydrogen) atoms. The predicted molar refractivity (Wildman–Crippen MR) is 106 cm³/mol. The van der Waals surface area contributed by atoms with E-state index in [9.17, 15) is 9.59 Å². The molecule has 1 amide bonds. The first-order chi connectivity index (χ1) is 12.7. The third kappa shape index (κ3) is 5.58. The fourth-order valence-electron chi connectivity index (χ4n) is 2.92. The molecule has 0 saturated heterocycles. The van der Waals surface area contributed by atoms with Crippen molar-refractivity contribution >= 4 is 17.6 Å².